The second-order valence-electron chi connectivity index (χ2n) is 8.35. The minimum absolute atomic E-state index is 0.0806. The van der Waals surface area contributed by atoms with Gasteiger partial charge in [-0.15, -0.1) is 0 Å². The third-order valence-corrected chi connectivity index (χ3v) is 5.80. The Labute approximate surface area is 194 Å². The molecule has 33 heavy (non-hydrogen) atoms. The predicted octanol–water partition coefficient (Wildman–Crippen LogP) is 2.50. The van der Waals surface area contributed by atoms with Gasteiger partial charge in [0, 0.05) is 30.9 Å². The summed E-state index contributed by atoms with van der Waals surface area (Å²) in [4.78, 5) is 27.5. The van der Waals surface area contributed by atoms with Crippen LogP contribution in [0, 0.1) is 18.8 Å². The van der Waals surface area contributed by atoms with Gasteiger partial charge in [-0.2, -0.15) is 4.98 Å². The fourth-order valence-corrected chi connectivity index (χ4v) is 4.07. The first-order valence-electron chi connectivity index (χ1n) is 11.3. The van der Waals surface area contributed by atoms with Crippen molar-refractivity contribution in [2.75, 3.05) is 29.5 Å². The highest BCUT2D eigenvalue weighted by molar-refractivity contribution is 5.79. The maximum absolute atomic E-state index is 12.4. The summed E-state index contributed by atoms with van der Waals surface area (Å²) >= 11 is 0. The molecule has 0 atom stereocenters. The van der Waals surface area contributed by atoms with Crippen molar-refractivity contribution in [2.24, 2.45) is 0 Å². The Hall–Kier alpha value is -3.86. The van der Waals surface area contributed by atoms with Crippen molar-refractivity contribution in [3.05, 3.63) is 59.0 Å². The number of nitrogens with zero attached hydrogens (tertiary/aromatic N) is 4. The smallest absolute Gasteiger partial charge is 0.224 e. The molecule has 2 aromatic rings. The number of nitrogens with one attached hydrogen (secondary N) is 1. The van der Waals surface area contributed by atoms with Gasteiger partial charge in [0.1, 0.15) is 11.6 Å². The third-order valence-electron chi connectivity index (χ3n) is 5.80. The first kappa shape index (κ1) is 22.3. The van der Waals surface area contributed by atoms with Gasteiger partial charge in [0.05, 0.1) is 17.7 Å². The van der Waals surface area contributed by atoms with Crippen molar-refractivity contribution in [2.45, 2.75) is 45.1 Å². The molecular weight excluding hydrogens is 414 g/mol. The summed E-state index contributed by atoms with van der Waals surface area (Å²) in [7, 11) is 0. The molecule has 8 nitrogen and oxygen atoms in total. The van der Waals surface area contributed by atoms with Crippen LogP contribution in [0.15, 0.2) is 42.1 Å². The van der Waals surface area contributed by atoms with E-state index in [1.54, 1.807) is 12.3 Å². The molecule has 5 N–H and O–H groups in total. The van der Waals surface area contributed by atoms with Gasteiger partial charge in [-0.05, 0) is 50.3 Å². The van der Waals surface area contributed by atoms with Crippen molar-refractivity contribution < 1.29 is 4.79 Å². The lowest BCUT2D eigenvalue weighted by Crippen LogP contribution is -2.45. The molecule has 2 aliphatic rings. The van der Waals surface area contributed by atoms with E-state index in [-0.39, 0.29) is 17.9 Å². The van der Waals surface area contributed by atoms with Gasteiger partial charge in [0.25, 0.3) is 0 Å². The zero-order valence-electron chi connectivity index (χ0n) is 18.8. The van der Waals surface area contributed by atoms with E-state index in [1.165, 1.54) is 0 Å². The van der Waals surface area contributed by atoms with Crippen LogP contribution in [-0.2, 0) is 4.79 Å². The number of piperidine rings is 1. The highest BCUT2D eigenvalue weighted by Crippen LogP contribution is 2.25. The molecule has 1 fully saturated rings. The Kier molecular flexibility index (Phi) is 6.89. The molecule has 1 saturated heterocycles. The van der Waals surface area contributed by atoms with Crippen molar-refractivity contribution in [1.29, 1.82) is 0 Å². The minimum Gasteiger partial charge on any atom is -0.384 e. The van der Waals surface area contributed by atoms with Gasteiger partial charge in [-0.25, -0.2) is 9.97 Å². The highest BCUT2D eigenvalue weighted by Gasteiger charge is 2.24. The number of rotatable bonds is 4. The molecule has 1 amide bonds. The Bertz CT molecular complexity index is 1130. The number of carbonyl (C=O) groups excluding carboxylic acids is 1. The standard InChI is InChI=1S/C25H29N7O/c1-17-21(9-7-19-8-10-22(26)28-16-19)24(31-25(27)29-17)32-13-11-20(12-14-32)30-23(33)15-18-5-3-2-4-6-18/h3,5-6,8,10,16,20H,2,4,11-15H2,1H3,(H2,26,28)(H,30,33)(H2,27,29,31). The molecule has 8 heteroatoms. The zero-order chi connectivity index (χ0) is 23.2. The number of nitrogen functional groups attached to an aromatic ring is 2. The number of anilines is 3. The fourth-order valence-electron chi connectivity index (χ4n) is 4.07. The van der Waals surface area contributed by atoms with Crippen LogP contribution in [0.25, 0.3) is 0 Å². The Morgan fingerprint density at radius 3 is 2.70 bits per heavy atom. The van der Waals surface area contributed by atoms with E-state index in [0.29, 0.717) is 12.2 Å². The molecule has 0 bridgehead atoms. The number of hydrogen-bond donors (Lipinski definition) is 3. The average molecular weight is 444 g/mol. The maximum Gasteiger partial charge on any atom is 0.224 e. The molecule has 0 aromatic carbocycles. The lowest BCUT2D eigenvalue weighted by molar-refractivity contribution is -0.121. The number of aryl methyl sites for hydroxylation is 1. The molecule has 2 aromatic heterocycles. The largest absolute Gasteiger partial charge is 0.384 e. The third kappa shape index (κ3) is 5.89. The lowest BCUT2D eigenvalue weighted by atomic mass is 10.0. The molecule has 1 aliphatic carbocycles. The van der Waals surface area contributed by atoms with Crippen molar-refractivity contribution in [1.82, 2.24) is 20.3 Å². The topological polar surface area (TPSA) is 123 Å². The molecule has 3 heterocycles. The van der Waals surface area contributed by atoms with Crippen LogP contribution in [0.3, 0.4) is 0 Å². The van der Waals surface area contributed by atoms with Crippen molar-refractivity contribution >= 4 is 23.5 Å². The number of pyridine rings is 1. The monoisotopic (exact) mass is 443 g/mol. The Morgan fingerprint density at radius 2 is 2.00 bits per heavy atom. The molecule has 4 rings (SSSR count). The predicted molar refractivity (Wildman–Crippen MR) is 130 cm³/mol. The number of hydrogen-bond acceptors (Lipinski definition) is 7. The van der Waals surface area contributed by atoms with Gasteiger partial charge >= 0.3 is 0 Å². The summed E-state index contributed by atoms with van der Waals surface area (Å²) in [6.45, 7) is 3.39. The van der Waals surface area contributed by atoms with E-state index in [1.807, 2.05) is 13.0 Å². The lowest BCUT2D eigenvalue weighted by Gasteiger charge is -2.34. The quantitative estimate of drug-likeness (QED) is 0.620. The van der Waals surface area contributed by atoms with Gasteiger partial charge in [0.2, 0.25) is 11.9 Å². The summed E-state index contributed by atoms with van der Waals surface area (Å²) in [5, 5.41) is 3.18. The van der Waals surface area contributed by atoms with Gasteiger partial charge in [-0.3, -0.25) is 4.79 Å². The molecule has 1 aliphatic heterocycles. The fraction of sp³-hybridized carbons (Fsp3) is 0.360. The minimum atomic E-state index is 0.0806. The van der Waals surface area contributed by atoms with E-state index in [4.69, 9.17) is 11.5 Å². The normalized spacial score (nSPS) is 16.0. The Balaban J connectivity index is 1.42. The zero-order valence-corrected chi connectivity index (χ0v) is 18.8. The molecule has 0 unspecified atom stereocenters. The van der Waals surface area contributed by atoms with Crippen LogP contribution >= 0.6 is 0 Å². The summed E-state index contributed by atoms with van der Waals surface area (Å²) in [5.74, 6) is 7.81. The van der Waals surface area contributed by atoms with Gasteiger partial charge in [0.15, 0.2) is 0 Å². The number of nitrogens with two attached hydrogens (primary N) is 2. The average Bonchev–Trinajstić information content (AvgIpc) is 2.80. The summed E-state index contributed by atoms with van der Waals surface area (Å²) < 4.78 is 0. The van der Waals surface area contributed by atoms with Gasteiger partial charge in [-0.1, -0.05) is 30.1 Å². The molecule has 0 radical (unpaired) electrons. The second-order valence-corrected chi connectivity index (χ2v) is 8.35. The number of amides is 1. The SMILES string of the molecule is Cc1nc(N)nc(N2CCC(NC(=O)CC3=CCCC=C3)CC2)c1C#Cc1ccc(N)nc1. The van der Waals surface area contributed by atoms with Gasteiger partial charge < -0.3 is 21.7 Å². The summed E-state index contributed by atoms with van der Waals surface area (Å²) in [5.41, 5.74) is 14.9. The first-order valence-corrected chi connectivity index (χ1v) is 11.3. The van der Waals surface area contributed by atoms with Crippen LogP contribution in [0.2, 0.25) is 0 Å². The molecular formula is C25H29N7O. The van der Waals surface area contributed by atoms with E-state index < -0.39 is 0 Å². The summed E-state index contributed by atoms with van der Waals surface area (Å²) in [6.07, 6.45) is 12.1. The Morgan fingerprint density at radius 1 is 1.18 bits per heavy atom. The van der Waals surface area contributed by atoms with Crippen molar-refractivity contribution in [3.63, 3.8) is 0 Å². The van der Waals surface area contributed by atoms with E-state index in [0.717, 1.165) is 67.0 Å². The van der Waals surface area contributed by atoms with Crippen LogP contribution in [0.5, 0.6) is 0 Å². The van der Waals surface area contributed by atoms with Crippen molar-refractivity contribution in [3.8, 4) is 11.8 Å². The molecule has 0 saturated carbocycles. The number of carbonyl (C=O) groups is 1. The summed E-state index contributed by atoms with van der Waals surface area (Å²) in [6, 6.07) is 3.70. The van der Waals surface area contributed by atoms with Crippen LogP contribution < -0.4 is 21.7 Å². The van der Waals surface area contributed by atoms with E-state index >= 15 is 0 Å². The second kappa shape index (κ2) is 10.2. The first-order chi connectivity index (χ1) is 16.0. The molecule has 170 valence electrons. The molecule has 0 spiro atoms. The van der Waals surface area contributed by atoms with Crippen LogP contribution in [-0.4, -0.2) is 40.0 Å². The number of aromatic nitrogens is 3. The maximum atomic E-state index is 12.4. The van der Waals surface area contributed by atoms with E-state index in [2.05, 4.69) is 55.2 Å². The van der Waals surface area contributed by atoms with E-state index in [9.17, 15) is 4.79 Å². The number of allylic oxidation sites excluding steroid dienone is 3. The highest BCUT2D eigenvalue weighted by atomic mass is 16.1. The van der Waals surface area contributed by atoms with Crippen LogP contribution in [0.1, 0.15) is 48.9 Å². The van der Waals surface area contributed by atoms with Crippen LogP contribution in [0.4, 0.5) is 17.6 Å².